The third-order valence-electron chi connectivity index (χ3n) is 4.90. The Morgan fingerprint density at radius 3 is 2.93 bits per heavy atom. The monoisotopic (exact) mass is 428 g/mol. The summed E-state index contributed by atoms with van der Waals surface area (Å²) in [6, 6.07) is 6.02. The molecule has 7 nitrogen and oxygen atoms in total. The van der Waals surface area contributed by atoms with Crippen LogP contribution in [0, 0.1) is 16.0 Å². The molecule has 1 aromatic carbocycles. The van der Waals surface area contributed by atoms with E-state index in [1.54, 1.807) is 12.1 Å². The van der Waals surface area contributed by atoms with Crippen molar-refractivity contribution in [3.05, 3.63) is 62.0 Å². The molecule has 3 rings (SSSR count). The zero-order chi connectivity index (χ0) is 21.7. The predicted octanol–water partition coefficient (Wildman–Crippen LogP) is 5.00. The van der Waals surface area contributed by atoms with Crippen LogP contribution < -0.4 is 5.32 Å². The number of nitro benzene ring substituents is 1. The number of thiophene rings is 1. The summed E-state index contributed by atoms with van der Waals surface area (Å²) >= 11 is 1.43. The Kier molecular flexibility index (Phi) is 6.99. The lowest BCUT2D eigenvalue weighted by atomic mass is 9.88. The van der Waals surface area contributed by atoms with Crippen molar-refractivity contribution in [2.75, 3.05) is 11.9 Å². The standard InChI is InChI=1S/C22H24N2O5S/c1-3-11-29-22(26)20-17-9-7-14(2)12-18(17)30-21(20)23-19(25)10-8-15-5-4-6-16(13-15)24(27)28/h4-6,8,10,13-14H,3,7,9,11-12H2,1-2H3,(H,23,25)/b10-8-/t14-/m1/s1. The van der Waals surface area contributed by atoms with Crippen LogP contribution in [0.4, 0.5) is 10.7 Å². The molecule has 0 radical (unpaired) electrons. The van der Waals surface area contributed by atoms with E-state index >= 15 is 0 Å². The average molecular weight is 429 g/mol. The summed E-state index contributed by atoms with van der Waals surface area (Å²) in [5, 5.41) is 14.2. The maximum Gasteiger partial charge on any atom is 0.341 e. The number of hydrogen-bond acceptors (Lipinski definition) is 6. The average Bonchev–Trinajstić information content (AvgIpc) is 3.07. The fourth-order valence-electron chi connectivity index (χ4n) is 3.39. The highest BCUT2D eigenvalue weighted by Gasteiger charge is 2.29. The third-order valence-corrected chi connectivity index (χ3v) is 6.07. The first kappa shape index (κ1) is 21.7. The number of nitrogens with one attached hydrogen (secondary N) is 1. The van der Waals surface area contributed by atoms with Crippen LogP contribution in [-0.2, 0) is 22.4 Å². The van der Waals surface area contributed by atoms with E-state index in [1.165, 1.54) is 35.6 Å². The molecule has 30 heavy (non-hydrogen) atoms. The topological polar surface area (TPSA) is 98.5 Å². The summed E-state index contributed by atoms with van der Waals surface area (Å²) in [5.41, 5.74) is 1.95. The van der Waals surface area contributed by atoms with Crippen LogP contribution in [0.5, 0.6) is 0 Å². The normalized spacial score (nSPS) is 15.6. The molecule has 1 atom stereocenters. The van der Waals surface area contributed by atoms with Gasteiger partial charge in [-0.3, -0.25) is 14.9 Å². The van der Waals surface area contributed by atoms with Gasteiger partial charge in [-0.05, 0) is 48.8 Å². The molecule has 0 fully saturated rings. The zero-order valence-corrected chi connectivity index (χ0v) is 17.8. The van der Waals surface area contributed by atoms with Crippen LogP contribution in [0.3, 0.4) is 0 Å². The second-order valence-electron chi connectivity index (χ2n) is 7.37. The Balaban J connectivity index is 1.81. The first-order valence-corrected chi connectivity index (χ1v) is 10.8. The first-order valence-electron chi connectivity index (χ1n) is 9.94. The van der Waals surface area contributed by atoms with Crippen molar-refractivity contribution in [3.63, 3.8) is 0 Å². The molecule has 1 aliphatic rings. The van der Waals surface area contributed by atoms with Crippen LogP contribution in [-0.4, -0.2) is 23.4 Å². The molecule has 1 aliphatic carbocycles. The SMILES string of the molecule is CCCOC(=O)c1c(NC(=O)/C=C\c2cccc([N+](=O)[O-])c2)sc2c1CC[C@@H](C)C2. The summed E-state index contributed by atoms with van der Waals surface area (Å²) in [6.07, 6.45) is 6.21. The molecule has 158 valence electrons. The molecule has 0 bridgehead atoms. The molecule has 1 aromatic heterocycles. The molecule has 0 saturated heterocycles. The van der Waals surface area contributed by atoms with Crippen molar-refractivity contribution >= 4 is 40.0 Å². The molecule has 1 amide bonds. The van der Waals surface area contributed by atoms with Gasteiger partial charge in [0.25, 0.3) is 5.69 Å². The number of hydrogen-bond donors (Lipinski definition) is 1. The highest BCUT2D eigenvalue weighted by atomic mass is 32.1. The van der Waals surface area contributed by atoms with Crippen LogP contribution in [0.25, 0.3) is 6.08 Å². The highest BCUT2D eigenvalue weighted by molar-refractivity contribution is 7.17. The lowest BCUT2D eigenvalue weighted by molar-refractivity contribution is -0.384. The fraction of sp³-hybridized carbons (Fsp3) is 0.364. The largest absolute Gasteiger partial charge is 0.462 e. The maximum atomic E-state index is 12.7. The summed E-state index contributed by atoms with van der Waals surface area (Å²) in [6.45, 7) is 4.44. The number of benzene rings is 1. The zero-order valence-electron chi connectivity index (χ0n) is 17.0. The molecular formula is C22H24N2O5S. The Hall–Kier alpha value is -3.00. The first-order chi connectivity index (χ1) is 14.4. The molecule has 1 heterocycles. The smallest absolute Gasteiger partial charge is 0.341 e. The van der Waals surface area contributed by atoms with Crippen LogP contribution in [0.1, 0.15) is 53.1 Å². The summed E-state index contributed by atoms with van der Waals surface area (Å²) in [5.74, 6) is -0.271. The Bertz CT molecular complexity index is 995. The molecule has 0 aliphatic heterocycles. The van der Waals surface area contributed by atoms with Crippen molar-refractivity contribution in [2.24, 2.45) is 5.92 Å². The number of rotatable bonds is 7. The van der Waals surface area contributed by atoms with Gasteiger partial charge in [-0.1, -0.05) is 26.0 Å². The molecule has 1 N–H and O–H groups in total. The Morgan fingerprint density at radius 2 is 2.20 bits per heavy atom. The van der Waals surface area contributed by atoms with Gasteiger partial charge in [-0.15, -0.1) is 11.3 Å². The lowest BCUT2D eigenvalue weighted by Gasteiger charge is -2.18. The van der Waals surface area contributed by atoms with E-state index in [9.17, 15) is 19.7 Å². The van der Waals surface area contributed by atoms with Gasteiger partial charge in [0.1, 0.15) is 5.00 Å². The Morgan fingerprint density at radius 1 is 1.40 bits per heavy atom. The van der Waals surface area contributed by atoms with Crippen molar-refractivity contribution < 1.29 is 19.2 Å². The molecule has 2 aromatic rings. The number of non-ortho nitro benzene ring substituents is 1. The maximum absolute atomic E-state index is 12.7. The van der Waals surface area contributed by atoms with E-state index < -0.39 is 16.8 Å². The van der Waals surface area contributed by atoms with E-state index in [0.717, 1.165) is 36.1 Å². The van der Waals surface area contributed by atoms with E-state index in [4.69, 9.17) is 4.74 Å². The van der Waals surface area contributed by atoms with Gasteiger partial charge in [-0.2, -0.15) is 0 Å². The minimum Gasteiger partial charge on any atom is -0.462 e. The van der Waals surface area contributed by atoms with Gasteiger partial charge < -0.3 is 10.1 Å². The van der Waals surface area contributed by atoms with Crippen LogP contribution in [0.15, 0.2) is 30.3 Å². The number of amides is 1. The quantitative estimate of drug-likeness (QED) is 0.290. The molecule has 8 heteroatoms. The number of ether oxygens (including phenoxy) is 1. The summed E-state index contributed by atoms with van der Waals surface area (Å²) in [7, 11) is 0. The molecule has 0 unspecified atom stereocenters. The number of nitrogens with zero attached hydrogens (tertiary/aromatic N) is 1. The van der Waals surface area contributed by atoms with Gasteiger partial charge in [0.15, 0.2) is 0 Å². The number of esters is 1. The van der Waals surface area contributed by atoms with Crippen molar-refractivity contribution in [1.29, 1.82) is 0 Å². The second-order valence-corrected chi connectivity index (χ2v) is 8.47. The Labute approximate surface area is 178 Å². The van der Waals surface area contributed by atoms with Gasteiger partial charge in [-0.25, -0.2) is 4.79 Å². The number of nitro groups is 1. The number of carbonyl (C=O) groups is 2. The minimum atomic E-state index is -0.483. The van der Waals surface area contributed by atoms with Crippen molar-refractivity contribution in [3.8, 4) is 0 Å². The van der Waals surface area contributed by atoms with E-state index in [-0.39, 0.29) is 5.69 Å². The fourth-order valence-corrected chi connectivity index (χ4v) is 4.79. The summed E-state index contributed by atoms with van der Waals surface area (Å²) < 4.78 is 5.35. The summed E-state index contributed by atoms with van der Waals surface area (Å²) in [4.78, 5) is 36.7. The number of fused-ring (bicyclic) bond motifs is 1. The molecular weight excluding hydrogens is 404 g/mol. The third kappa shape index (κ3) is 5.13. The highest BCUT2D eigenvalue weighted by Crippen LogP contribution is 2.40. The number of carbonyl (C=O) groups excluding carboxylic acids is 2. The van der Waals surface area contributed by atoms with Gasteiger partial charge >= 0.3 is 5.97 Å². The van der Waals surface area contributed by atoms with Crippen molar-refractivity contribution in [1.82, 2.24) is 0 Å². The van der Waals surface area contributed by atoms with Gasteiger partial charge in [0.05, 0.1) is 17.1 Å². The second kappa shape index (κ2) is 9.67. The predicted molar refractivity (Wildman–Crippen MR) is 117 cm³/mol. The van der Waals surface area contributed by atoms with E-state index in [0.29, 0.717) is 28.7 Å². The van der Waals surface area contributed by atoms with Crippen LogP contribution >= 0.6 is 11.3 Å². The van der Waals surface area contributed by atoms with E-state index in [2.05, 4.69) is 12.2 Å². The van der Waals surface area contributed by atoms with Crippen molar-refractivity contribution in [2.45, 2.75) is 39.5 Å². The van der Waals surface area contributed by atoms with Gasteiger partial charge in [0.2, 0.25) is 5.91 Å². The molecule has 0 saturated carbocycles. The van der Waals surface area contributed by atoms with Crippen LogP contribution in [0.2, 0.25) is 0 Å². The minimum absolute atomic E-state index is 0.0430. The molecule has 0 spiro atoms. The number of anilines is 1. The van der Waals surface area contributed by atoms with E-state index in [1.807, 2.05) is 6.92 Å². The lowest BCUT2D eigenvalue weighted by Crippen LogP contribution is -2.16. The van der Waals surface area contributed by atoms with Gasteiger partial charge in [0, 0.05) is 23.1 Å².